The van der Waals surface area contributed by atoms with Crippen molar-refractivity contribution in [3.05, 3.63) is 41.3 Å². The van der Waals surface area contributed by atoms with E-state index in [1.165, 1.54) is 5.56 Å². The van der Waals surface area contributed by atoms with Crippen LogP contribution in [-0.4, -0.2) is 39.2 Å². The maximum atomic E-state index is 13.1. The standard InChI is InChI=1S/C19H24N4O2/c1-12-17(19(25-3)22(2)21-12)16-7-5-9-23(16)18(24)15-10-14(15)13-6-4-8-20-11-13/h4,6,8,11,14-16H,5,7,9-10H2,1-3H3/t14-,15+,16+/m1/s1. The zero-order valence-electron chi connectivity index (χ0n) is 15.0. The Hall–Kier alpha value is -2.37. The van der Waals surface area contributed by atoms with E-state index < -0.39 is 0 Å². The highest BCUT2D eigenvalue weighted by Gasteiger charge is 2.48. The Labute approximate surface area is 147 Å². The van der Waals surface area contributed by atoms with Gasteiger partial charge in [0.25, 0.3) is 0 Å². The molecule has 6 heteroatoms. The van der Waals surface area contributed by atoms with Crippen molar-refractivity contribution < 1.29 is 9.53 Å². The summed E-state index contributed by atoms with van der Waals surface area (Å²) in [6.45, 7) is 2.81. The first-order chi connectivity index (χ1) is 12.1. The van der Waals surface area contributed by atoms with Crippen LogP contribution in [0.3, 0.4) is 0 Å². The van der Waals surface area contributed by atoms with Gasteiger partial charge in [-0.2, -0.15) is 5.10 Å². The molecule has 1 aliphatic heterocycles. The lowest BCUT2D eigenvalue weighted by molar-refractivity contribution is -0.133. The maximum absolute atomic E-state index is 13.1. The van der Waals surface area contributed by atoms with Crippen LogP contribution in [0.15, 0.2) is 24.5 Å². The van der Waals surface area contributed by atoms with Gasteiger partial charge in [0.05, 0.1) is 24.4 Å². The molecule has 0 radical (unpaired) electrons. The summed E-state index contributed by atoms with van der Waals surface area (Å²) < 4.78 is 7.32. The van der Waals surface area contributed by atoms with E-state index in [1.54, 1.807) is 18.0 Å². The lowest BCUT2D eigenvalue weighted by Gasteiger charge is -2.25. The molecule has 132 valence electrons. The van der Waals surface area contributed by atoms with Crippen molar-refractivity contribution in [2.75, 3.05) is 13.7 Å². The zero-order chi connectivity index (χ0) is 17.6. The smallest absolute Gasteiger partial charge is 0.226 e. The second kappa shape index (κ2) is 6.17. The minimum Gasteiger partial charge on any atom is -0.481 e. The molecule has 2 aliphatic rings. The molecule has 0 aromatic carbocycles. The highest BCUT2D eigenvalue weighted by Crippen LogP contribution is 2.50. The van der Waals surface area contributed by atoms with Crippen molar-refractivity contribution in [1.82, 2.24) is 19.7 Å². The molecular weight excluding hydrogens is 316 g/mol. The van der Waals surface area contributed by atoms with Crippen LogP contribution in [0, 0.1) is 12.8 Å². The summed E-state index contributed by atoms with van der Waals surface area (Å²) in [6.07, 6.45) is 6.58. The number of rotatable bonds is 4. The number of pyridine rings is 1. The van der Waals surface area contributed by atoms with E-state index in [9.17, 15) is 4.79 Å². The van der Waals surface area contributed by atoms with Crippen molar-refractivity contribution in [2.45, 2.75) is 38.1 Å². The Balaban J connectivity index is 1.56. The van der Waals surface area contributed by atoms with E-state index in [1.807, 2.05) is 31.1 Å². The molecule has 1 amide bonds. The van der Waals surface area contributed by atoms with Gasteiger partial charge in [0.2, 0.25) is 11.8 Å². The number of hydrogen-bond acceptors (Lipinski definition) is 4. The minimum absolute atomic E-state index is 0.0753. The number of carbonyl (C=O) groups excluding carboxylic acids is 1. The number of amides is 1. The summed E-state index contributed by atoms with van der Waals surface area (Å²) in [6, 6.07) is 4.09. The summed E-state index contributed by atoms with van der Waals surface area (Å²) in [7, 11) is 3.55. The molecule has 2 fully saturated rings. The van der Waals surface area contributed by atoms with Gasteiger partial charge >= 0.3 is 0 Å². The molecule has 4 rings (SSSR count). The molecule has 1 saturated carbocycles. The third-order valence-corrected chi connectivity index (χ3v) is 5.50. The number of nitrogens with zero attached hydrogens (tertiary/aromatic N) is 4. The molecule has 3 atom stereocenters. The van der Waals surface area contributed by atoms with E-state index in [-0.39, 0.29) is 17.9 Å². The summed E-state index contributed by atoms with van der Waals surface area (Å²) in [5, 5.41) is 4.49. The average molecular weight is 340 g/mol. The van der Waals surface area contributed by atoms with Crippen LogP contribution < -0.4 is 4.74 Å². The monoisotopic (exact) mass is 340 g/mol. The van der Waals surface area contributed by atoms with Gasteiger partial charge < -0.3 is 9.64 Å². The number of carbonyl (C=O) groups is 1. The van der Waals surface area contributed by atoms with E-state index in [4.69, 9.17) is 4.74 Å². The molecule has 3 heterocycles. The summed E-state index contributed by atoms with van der Waals surface area (Å²) in [5.41, 5.74) is 3.19. The maximum Gasteiger partial charge on any atom is 0.226 e. The number of likely N-dealkylation sites (tertiary alicyclic amines) is 1. The lowest BCUT2D eigenvalue weighted by atomic mass is 10.0. The number of methoxy groups -OCH3 is 1. The van der Waals surface area contributed by atoms with E-state index in [0.29, 0.717) is 5.92 Å². The average Bonchev–Trinajstić information content (AvgIpc) is 3.18. The van der Waals surface area contributed by atoms with E-state index in [0.717, 1.165) is 42.9 Å². The molecule has 6 nitrogen and oxygen atoms in total. The first-order valence-electron chi connectivity index (χ1n) is 8.89. The zero-order valence-corrected chi connectivity index (χ0v) is 15.0. The molecule has 2 aromatic heterocycles. The lowest BCUT2D eigenvalue weighted by Crippen LogP contribution is -2.32. The second-order valence-electron chi connectivity index (χ2n) is 7.06. The molecule has 25 heavy (non-hydrogen) atoms. The normalized spacial score (nSPS) is 25.2. The molecule has 2 aromatic rings. The van der Waals surface area contributed by atoms with Crippen molar-refractivity contribution in [1.29, 1.82) is 0 Å². The predicted molar refractivity (Wildman–Crippen MR) is 93.3 cm³/mol. The van der Waals surface area contributed by atoms with Crippen molar-refractivity contribution in [3.63, 3.8) is 0 Å². The van der Waals surface area contributed by atoms with Gasteiger partial charge in [0, 0.05) is 31.9 Å². The number of ether oxygens (including phenoxy) is 1. The Morgan fingerprint density at radius 2 is 2.24 bits per heavy atom. The number of aromatic nitrogens is 3. The second-order valence-corrected chi connectivity index (χ2v) is 7.06. The molecule has 0 spiro atoms. The molecular formula is C19H24N4O2. The Morgan fingerprint density at radius 1 is 1.40 bits per heavy atom. The molecule has 1 saturated heterocycles. The number of hydrogen-bond donors (Lipinski definition) is 0. The van der Waals surface area contributed by atoms with Gasteiger partial charge in [0.1, 0.15) is 0 Å². The van der Waals surface area contributed by atoms with Crippen LogP contribution in [-0.2, 0) is 11.8 Å². The summed E-state index contributed by atoms with van der Waals surface area (Å²) in [4.78, 5) is 19.4. The van der Waals surface area contributed by atoms with Crippen LogP contribution >= 0.6 is 0 Å². The third-order valence-electron chi connectivity index (χ3n) is 5.50. The highest BCUT2D eigenvalue weighted by molar-refractivity contribution is 5.83. The fourth-order valence-corrected chi connectivity index (χ4v) is 4.25. The van der Waals surface area contributed by atoms with Crippen LogP contribution in [0.2, 0.25) is 0 Å². The first-order valence-corrected chi connectivity index (χ1v) is 8.89. The predicted octanol–water partition coefficient (Wildman–Crippen LogP) is 2.60. The van der Waals surface area contributed by atoms with Gasteiger partial charge in [-0.3, -0.25) is 9.78 Å². The van der Waals surface area contributed by atoms with E-state index >= 15 is 0 Å². The van der Waals surface area contributed by atoms with Gasteiger partial charge in [-0.25, -0.2) is 4.68 Å². The number of aryl methyl sites for hydroxylation is 2. The fraction of sp³-hybridized carbons (Fsp3) is 0.526. The quantitative estimate of drug-likeness (QED) is 0.858. The largest absolute Gasteiger partial charge is 0.481 e. The third kappa shape index (κ3) is 2.69. The van der Waals surface area contributed by atoms with Crippen molar-refractivity contribution in [3.8, 4) is 5.88 Å². The van der Waals surface area contributed by atoms with Crippen LogP contribution in [0.25, 0.3) is 0 Å². The Morgan fingerprint density at radius 3 is 2.96 bits per heavy atom. The topological polar surface area (TPSA) is 60.2 Å². The highest BCUT2D eigenvalue weighted by atomic mass is 16.5. The summed E-state index contributed by atoms with van der Waals surface area (Å²) >= 11 is 0. The summed E-state index contributed by atoms with van der Waals surface area (Å²) in [5.74, 6) is 1.44. The first kappa shape index (κ1) is 16.1. The van der Waals surface area contributed by atoms with Gasteiger partial charge in [-0.1, -0.05) is 6.07 Å². The van der Waals surface area contributed by atoms with Gasteiger partial charge in [0.15, 0.2) is 0 Å². The Kier molecular flexibility index (Phi) is 3.98. The Bertz CT molecular complexity index is 786. The van der Waals surface area contributed by atoms with Gasteiger partial charge in [-0.15, -0.1) is 0 Å². The molecule has 0 unspecified atom stereocenters. The minimum atomic E-state index is 0.0753. The van der Waals surface area contributed by atoms with Crippen LogP contribution in [0.1, 0.15) is 48.0 Å². The van der Waals surface area contributed by atoms with Gasteiger partial charge in [-0.05, 0) is 43.7 Å². The van der Waals surface area contributed by atoms with Crippen LogP contribution in [0.5, 0.6) is 5.88 Å². The van der Waals surface area contributed by atoms with Crippen LogP contribution in [0.4, 0.5) is 0 Å². The van der Waals surface area contributed by atoms with Crippen molar-refractivity contribution >= 4 is 5.91 Å². The SMILES string of the molecule is COc1c([C@@H]2CCCN2C(=O)[C@H]2C[C@@H]2c2cccnc2)c(C)nn1C. The fourth-order valence-electron chi connectivity index (χ4n) is 4.25. The molecule has 1 aliphatic carbocycles. The van der Waals surface area contributed by atoms with Crippen molar-refractivity contribution in [2.24, 2.45) is 13.0 Å². The molecule has 0 bridgehead atoms. The van der Waals surface area contributed by atoms with E-state index in [2.05, 4.69) is 16.1 Å². The molecule has 0 N–H and O–H groups in total.